The Bertz CT molecular complexity index is 1090. The molecular formula is C17H16N4O4S. The molecule has 0 amide bonds. The molecule has 8 nitrogen and oxygen atoms in total. The molecule has 0 radical (unpaired) electrons. The van der Waals surface area contributed by atoms with Gasteiger partial charge in [0, 0.05) is 6.07 Å². The van der Waals surface area contributed by atoms with Crippen molar-refractivity contribution < 1.29 is 17.9 Å². The second kappa shape index (κ2) is 6.03. The fourth-order valence-electron chi connectivity index (χ4n) is 2.88. The van der Waals surface area contributed by atoms with E-state index in [-0.39, 0.29) is 17.3 Å². The predicted octanol–water partition coefficient (Wildman–Crippen LogP) is 2.28. The van der Waals surface area contributed by atoms with E-state index in [1.807, 2.05) is 11.5 Å². The van der Waals surface area contributed by atoms with E-state index >= 15 is 0 Å². The van der Waals surface area contributed by atoms with Crippen LogP contribution in [-0.2, 0) is 16.6 Å². The summed E-state index contributed by atoms with van der Waals surface area (Å²) in [5, 5.41) is 8.10. The Labute approximate surface area is 150 Å². The zero-order valence-corrected chi connectivity index (χ0v) is 14.9. The lowest BCUT2D eigenvalue weighted by molar-refractivity contribution is 0.279. The minimum absolute atomic E-state index is 0.0677. The number of para-hydroxylation sites is 1. The number of hydrogen-bond acceptors (Lipinski definition) is 6. The first-order valence-corrected chi connectivity index (χ1v) is 9.32. The average molecular weight is 372 g/mol. The first kappa shape index (κ1) is 16.4. The molecular weight excluding hydrogens is 356 g/mol. The molecule has 9 heteroatoms. The molecule has 0 unspecified atom stereocenters. The van der Waals surface area contributed by atoms with Crippen LogP contribution >= 0.6 is 0 Å². The number of rotatable bonds is 4. The van der Waals surface area contributed by atoms with E-state index in [1.54, 1.807) is 36.4 Å². The Balaban J connectivity index is 1.70. The van der Waals surface area contributed by atoms with Crippen LogP contribution in [0.1, 0.15) is 11.6 Å². The Morgan fingerprint density at radius 2 is 2.00 bits per heavy atom. The van der Waals surface area contributed by atoms with Gasteiger partial charge in [0.05, 0.1) is 18.5 Å². The lowest BCUT2D eigenvalue weighted by Crippen LogP contribution is -2.16. The fraction of sp³-hybridized carbons (Fsp3) is 0.176. The maximum absolute atomic E-state index is 12.7. The second-order valence-corrected chi connectivity index (χ2v) is 7.38. The summed E-state index contributed by atoms with van der Waals surface area (Å²) in [5.74, 6) is 2.28. The van der Waals surface area contributed by atoms with Crippen molar-refractivity contribution >= 4 is 15.7 Å². The Hall–Kier alpha value is -3.07. The van der Waals surface area contributed by atoms with E-state index in [9.17, 15) is 8.42 Å². The summed E-state index contributed by atoms with van der Waals surface area (Å²) in [6.07, 6.45) is 0. The Morgan fingerprint density at radius 1 is 1.19 bits per heavy atom. The molecule has 0 spiro atoms. The molecule has 4 rings (SSSR count). The van der Waals surface area contributed by atoms with E-state index in [4.69, 9.17) is 9.47 Å². The summed E-state index contributed by atoms with van der Waals surface area (Å²) in [7, 11) is -2.37. The molecule has 2 aromatic carbocycles. The van der Waals surface area contributed by atoms with Crippen LogP contribution in [-0.4, -0.2) is 30.3 Å². The standard InChI is InChI=1S/C17H16N4O4S/c1-11-18-19-17-10-25-15-9-12(7-8-13(15)21(11)17)20-26(22,23)16-6-4-3-5-14(16)24-2/h3-9,20H,10H2,1-2H3. The van der Waals surface area contributed by atoms with Gasteiger partial charge in [-0.1, -0.05) is 12.1 Å². The van der Waals surface area contributed by atoms with Gasteiger partial charge in [0.25, 0.3) is 10.0 Å². The molecule has 134 valence electrons. The van der Waals surface area contributed by atoms with Gasteiger partial charge in [0.1, 0.15) is 28.8 Å². The van der Waals surface area contributed by atoms with Crippen LogP contribution in [0.3, 0.4) is 0 Å². The SMILES string of the molecule is COc1ccccc1S(=O)(=O)Nc1ccc2c(c1)OCc1nnc(C)n1-2. The summed E-state index contributed by atoms with van der Waals surface area (Å²) in [4.78, 5) is 0.0677. The largest absolute Gasteiger partial charge is 0.495 e. The topological polar surface area (TPSA) is 95.3 Å². The van der Waals surface area contributed by atoms with E-state index in [0.29, 0.717) is 17.3 Å². The number of methoxy groups -OCH3 is 1. The van der Waals surface area contributed by atoms with Gasteiger partial charge in [0.2, 0.25) is 0 Å². The predicted molar refractivity (Wildman–Crippen MR) is 94.2 cm³/mol. The van der Waals surface area contributed by atoms with Gasteiger partial charge in [0.15, 0.2) is 5.82 Å². The summed E-state index contributed by atoms with van der Waals surface area (Å²) in [6, 6.07) is 11.5. The van der Waals surface area contributed by atoms with Crippen molar-refractivity contribution in [3.8, 4) is 17.2 Å². The van der Waals surface area contributed by atoms with Gasteiger partial charge in [-0.3, -0.25) is 9.29 Å². The zero-order chi connectivity index (χ0) is 18.3. The van der Waals surface area contributed by atoms with E-state index in [0.717, 1.165) is 11.5 Å². The van der Waals surface area contributed by atoms with Crippen molar-refractivity contribution in [3.05, 3.63) is 54.1 Å². The van der Waals surface area contributed by atoms with Gasteiger partial charge >= 0.3 is 0 Å². The lowest BCUT2D eigenvalue weighted by atomic mass is 10.2. The number of benzene rings is 2. The second-order valence-electron chi connectivity index (χ2n) is 5.73. The quantitative estimate of drug-likeness (QED) is 0.755. The molecule has 3 aromatic rings. The van der Waals surface area contributed by atoms with Crippen LogP contribution in [0.25, 0.3) is 5.69 Å². The smallest absolute Gasteiger partial charge is 0.265 e. The van der Waals surface area contributed by atoms with Gasteiger partial charge in [-0.2, -0.15) is 0 Å². The third kappa shape index (κ3) is 2.66. The number of fused-ring (bicyclic) bond motifs is 3. The van der Waals surface area contributed by atoms with Crippen molar-refractivity contribution in [2.24, 2.45) is 0 Å². The highest BCUT2D eigenvalue weighted by Gasteiger charge is 2.23. The van der Waals surface area contributed by atoms with Crippen molar-refractivity contribution in [1.29, 1.82) is 0 Å². The number of ether oxygens (including phenoxy) is 2. The number of hydrogen-bond donors (Lipinski definition) is 1. The highest BCUT2D eigenvalue weighted by atomic mass is 32.2. The average Bonchev–Trinajstić information content (AvgIpc) is 3.02. The van der Waals surface area contributed by atoms with Gasteiger partial charge in [-0.25, -0.2) is 8.42 Å². The maximum Gasteiger partial charge on any atom is 0.265 e. The van der Waals surface area contributed by atoms with E-state index < -0.39 is 10.0 Å². The number of aromatic nitrogens is 3. The summed E-state index contributed by atoms with van der Waals surface area (Å²) < 4.78 is 40.7. The fourth-order valence-corrected chi connectivity index (χ4v) is 4.11. The van der Waals surface area contributed by atoms with E-state index in [1.165, 1.54) is 13.2 Å². The molecule has 0 aliphatic carbocycles. The van der Waals surface area contributed by atoms with Crippen LogP contribution in [0.2, 0.25) is 0 Å². The van der Waals surface area contributed by atoms with E-state index in [2.05, 4.69) is 14.9 Å². The number of sulfonamides is 1. The summed E-state index contributed by atoms with van der Waals surface area (Å²) in [6.45, 7) is 2.13. The van der Waals surface area contributed by atoms with Crippen LogP contribution < -0.4 is 14.2 Å². The third-order valence-electron chi connectivity index (χ3n) is 4.06. The molecule has 1 aromatic heterocycles. The molecule has 26 heavy (non-hydrogen) atoms. The van der Waals surface area contributed by atoms with Crippen LogP contribution in [0, 0.1) is 6.92 Å². The van der Waals surface area contributed by atoms with Gasteiger partial charge in [-0.15, -0.1) is 10.2 Å². The molecule has 1 N–H and O–H groups in total. The molecule has 1 aliphatic heterocycles. The van der Waals surface area contributed by atoms with Gasteiger partial charge in [-0.05, 0) is 31.2 Å². The summed E-state index contributed by atoms with van der Waals surface area (Å²) in [5.41, 5.74) is 1.16. The normalized spacial score (nSPS) is 12.7. The Morgan fingerprint density at radius 3 is 2.81 bits per heavy atom. The minimum atomic E-state index is -3.80. The van der Waals surface area contributed by atoms with Crippen molar-refractivity contribution in [3.63, 3.8) is 0 Å². The highest BCUT2D eigenvalue weighted by molar-refractivity contribution is 7.92. The third-order valence-corrected chi connectivity index (χ3v) is 5.48. The van der Waals surface area contributed by atoms with Crippen LogP contribution in [0.5, 0.6) is 11.5 Å². The minimum Gasteiger partial charge on any atom is -0.495 e. The monoisotopic (exact) mass is 372 g/mol. The molecule has 0 saturated carbocycles. The molecule has 0 atom stereocenters. The number of nitrogens with one attached hydrogen (secondary N) is 1. The number of anilines is 1. The number of aryl methyl sites for hydroxylation is 1. The molecule has 0 bridgehead atoms. The van der Waals surface area contributed by atoms with Crippen molar-refractivity contribution in [2.75, 3.05) is 11.8 Å². The Kier molecular flexibility index (Phi) is 3.80. The van der Waals surface area contributed by atoms with Crippen molar-refractivity contribution in [2.45, 2.75) is 18.4 Å². The van der Waals surface area contributed by atoms with Crippen LogP contribution in [0.4, 0.5) is 5.69 Å². The van der Waals surface area contributed by atoms with Crippen LogP contribution in [0.15, 0.2) is 47.4 Å². The van der Waals surface area contributed by atoms with Crippen molar-refractivity contribution in [1.82, 2.24) is 14.8 Å². The zero-order valence-electron chi connectivity index (χ0n) is 14.1. The molecule has 1 aliphatic rings. The maximum atomic E-state index is 12.7. The summed E-state index contributed by atoms with van der Waals surface area (Å²) >= 11 is 0. The highest BCUT2D eigenvalue weighted by Crippen LogP contribution is 2.33. The van der Waals surface area contributed by atoms with Gasteiger partial charge < -0.3 is 9.47 Å². The molecule has 0 fully saturated rings. The molecule has 0 saturated heterocycles. The number of nitrogens with zero attached hydrogens (tertiary/aromatic N) is 3. The first-order valence-electron chi connectivity index (χ1n) is 7.83. The lowest BCUT2D eigenvalue weighted by Gasteiger charge is -2.20. The molecule has 2 heterocycles. The first-order chi connectivity index (χ1) is 12.5.